The van der Waals surface area contributed by atoms with E-state index in [0.29, 0.717) is 17.5 Å². The van der Waals surface area contributed by atoms with Gasteiger partial charge in [-0.2, -0.15) is 5.10 Å². The fourth-order valence-corrected chi connectivity index (χ4v) is 3.75. The van der Waals surface area contributed by atoms with Crippen LogP contribution in [0, 0.1) is 6.92 Å². The molecule has 128 valence electrons. The topological polar surface area (TPSA) is 88.5 Å². The van der Waals surface area contributed by atoms with Crippen molar-refractivity contribution in [2.24, 2.45) is 0 Å². The minimum absolute atomic E-state index is 0.0726. The Morgan fingerprint density at radius 3 is 2.79 bits per heavy atom. The molecule has 2 aromatic rings. The lowest BCUT2D eigenvalue weighted by Gasteiger charge is -2.19. The van der Waals surface area contributed by atoms with Gasteiger partial charge in [0, 0.05) is 17.7 Å². The first-order chi connectivity index (χ1) is 11.6. The van der Waals surface area contributed by atoms with Crippen LogP contribution >= 0.6 is 0 Å². The summed E-state index contributed by atoms with van der Waals surface area (Å²) in [5.41, 5.74) is 2.45. The van der Waals surface area contributed by atoms with Crippen LogP contribution in [0.2, 0.25) is 0 Å². The monoisotopic (exact) mass is 328 g/mol. The molecule has 2 heterocycles. The molecule has 0 saturated heterocycles. The predicted molar refractivity (Wildman–Crippen MR) is 88.7 cm³/mol. The van der Waals surface area contributed by atoms with E-state index in [1.165, 1.54) is 25.7 Å². The number of hydrogen-bond acceptors (Lipinski definition) is 4. The van der Waals surface area contributed by atoms with E-state index in [-0.39, 0.29) is 11.9 Å². The minimum Gasteiger partial charge on any atom is -0.342 e. The number of carbonyl (C=O) groups excluding carboxylic acids is 1. The van der Waals surface area contributed by atoms with Crippen molar-refractivity contribution >= 4 is 5.91 Å². The van der Waals surface area contributed by atoms with Crippen molar-refractivity contribution < 1.29 is 4.79 Å². The zero-order valence-electron chi connectivity index (χ0n) is 14.2. The molecule has 4 rings (SSSR count). The maximum absolute atomic E-state index is 12.8. The minimum atomic E-state index is -0.179. The van der Waals surface area contributed by atoms with Crippen molar-refractivity contribution in [1.82, 2.24) is 30.3 Å². The molecule has 0 aromatic carbocycles. The lowest BCUT2D eigenvalue weighted by molar-refractivity contribution is 0.0935. The largest absolute Gasteiger partial charge is 0.342 e. The zero-order valence-corrected chi connectivity index (χ0v) is 14.2. The zero-order chi connectivity index (χ0) is 16.7. The molecule has 0 bridgehead atoms. The Balaban J connectivity index is 1.52. The molecule has 24 heavy (non-hydrogen) atoms. The molecular weight excluding hydrogens is 304 g/mol. The van der Waals surface area contributed by atoms with Crippen molar-refractivity contribution in [3.8, 4) is 0 Å². The molecule has 1 amide bonds. The highest BCUT2D eigenvalue weighted by atomic mass is 16.1. The molecule has 0 aliphatic heterocycles. The number of H-pyrrole nitrogens is 1. The highest BCUT2D eigenvalue weighted by molar-refractivity contribution is 5.96. The van der Waals surface area contributed by atoms with Crippen LogP contribution in [0.1, 0.15) is 91.0 Å². The lowest BCUT2D eigenvalue weighted by Crippen LogP contribution is -2.30. The first-order valence-corrected chi connectivity index (χ1v) is 8.90. The molecule has 2 N–H and O–H groups in total. The van der Waals surface area contributed by atoms with Crippen molar-refractivity contribution in [3.63, 3.8) is 0 Å². The smallest absolute Gasteiger partial charge is 0.255 e. The molecule has 0 radical (unpaired) electrons. The predicted octanol–water partition coefficient (Wildman–Crippen LogP) is 2.79. The number of aryl methyl sites for hydroxylation is 1. The van der Waals surface area contributed by atoms with Gasteiger partial charge in [0.1, 0.15) is 6.33 Å². The summed E-state index contributed by atoms with van der Waals surface area (Å²) in [7, 11) is 0. The number of aromatic nitrogens is 5. The Kier molecular flexibility index (Phi) is 3.86. The third-order valence-corrected chi connectivity index (χ3v) is 5.22. The van der Waals surface area contributed by atoms with E-state index in [1.807, 2.05) is 13.8 Å². The molecule has 2 saturated carbocycles. The van der Waals surface area contributed by atoms with Gasteiger partial charge >= 0.3 is 0 Å². The summed E-state index contributed by atoms with van der Waals surface area (Å²) < 4.78 is 2.14. The van der Waals surface area contributed by atoms with Crippen molar-refractivity contribution in [2.45, 2.75) is 70.4 Å². The number of nitrogens with zero attached hydrogens (tertiary/aromatic N) is 4. The number of rotatable bonds is 5. The van der Waals surface area contributed by atoms with Crippen molar-refractivity contribution in [1.29, 1.82) is 0 Å². The van der Waals surface area contributed by atoms with Gasteiger partial charge in [-0.15, -0.1) is 10.2 Å². The molecule has 2 aliphatic carbocycles. The standard InChI is InChI=1S/C17H24N6O/c1-10-14(15(21-20-10)12-7-8-12)17(24)19-11(2)16-22-18-9-23(16)13-5-3-4-6-13/h9,11-13H,3-8H2,1-2H3,(H,19,24)(H,20,21)/t11-/m1/s1. The first-order valence-electron chi connectivity index (χ1n) is 8.90. The van der Waals surface area contributed by atoms with E-state index in [0.717, 1.165) is 30.1 Å². The van der Waals surface area contributed by atoms with E-state index in [4.69, 9.17) is 0 Å². The molecule has 7 heteroatoms. The second kappa shape index (κ2) is 6.03. The van der Waals surface area contributed by atoms with E-state index < -0.39 is 0 Å². The van der Waals surface area contributed by atoms with E-state index in [1.54, 1.807) is 6.33 Å². The number of carbonyl (C=O) groups is 1. The van der Waals surface area contributed by atoms with Gasteiger partial charge in [0.15, 0.2) is 5.82 Å². The quantitative estimate of drug-likeness (QED) is 0.883. The summed E-state index contributed by atoms with van der Waals surface area (Å²) >= 11 is 0. The fourth-order valence-electron chi connectivity index (χ4n) is 3.75. The Labute approximate surface area is 141 Å². The Hall–Kier alpha value is -2.18. The Bertz CT molecular complexity index is 738. The average molecular weight is 328 g/mol. The van der Waals surface area contributed by atoms with Crippen LogP contribution in [0.3, 0.4) is 0 Å². The number of hydrogen-bond donors (Lipinski definition) is 2. The summed E-state index contributed by atoms with van der Waals surface area (Å²) in [4.78, 5) is 12.8. The summed E-state index contributed by atoms with van der Waals surface area (Å²) in [5, 5.41) is 18.7. The SMILES string of the molecule is Cc1[nH]nc(C2CC2)c1C(=O)N[C@H](C)c1nncn1C1CCCC1. The summed E-state index contributed by atoms with van der Waals surface area (Å²) in [6.07, 6.45) is 8.87. The van der Waals surface area contributed by atoms with Crippen LogP contribution in [0.25, 0.3) is 0 Å². The number of aromatic amines is 1. The molecule has 1 atom stereocenters. The van der Waals surface area contributed by atoms with E-state index in [2.05, 4.69) is 30.3 Å². The highest BCUT2D eigenvalue weighted by Gasteiger charge is 2.33. The van der Waals surface area contributed by atoms with Crippen LogP contribution in [-0.2, 0) is 0 Å². The van der Waals surface area contributed by atoms with Crippen molar-refractivity contribution in [2.75, 3.05) is 0 Å². The normalized spacial score (nSPS) is 19.6. The lowest BCUT2D eigenvalue weighted by atomic mass is 10.1. The van der Waals surface area contributed by atoms with Crippen LogP contribution in [0.5, 0.6) is 0 Å². The maximum Gasteiger partial charge on any atom is 0.255 e. The molecule has 2 aliphatic rings. The Morgan fingerprint density at radius 1 is 1.33 bits per heavy atom. The van der Waals surface area contributed by atoms with Gasteiger partial charge in [-0.25, -0.2) is 0 Å². The fraction of sp³-hybridized carbons (Fsp3) is 0.647. The van der Waals surface area contributed by atoms with Crippen molar-refractivity contribution in [3.05, 3.63) is 29.1 Å². The Morgan fingerprint density at radius 2 is 2.08 bits per heavy atom. The summed E-state index contributed by atoms with van der Waals surface area (Å²) in [6, 6.07) is 0.286. The van der Waals surface area contributed by atoms with Gasteiger partial charge in [-0.1, -0.05) is 12.8 Å². The van der Waals surface area contributed by atoms with E-state index >= 15 is 0 Å². The van der Waals surface area contributed by atoms with Gasteiger partial charge in [-0.3, -0.25) is 9.89 Å². The molecule has 2 aromatic heterocycles. The van der Waals surface area contributed by atoms with Gasteiger partial charge in [0.25, 0.3) is 5.91 Å². The van der Waals surface area contributed by atoms with Crippen LogP contribution in [0.15, 0.2) is 6.33 Å². The second-order valence-electron chi connectivity index (χ2n) is 7.11. The van der Waals surface area contributed by atoms with Crippen LogP contribution in [0.4, 0.5) is 0 Å². The average Bonchev–Trinajstić information content (AvgIpc) is 2.98. The molecule has 2 fully saturated rings. The number of nitrogens with one attached hydrogen (secondary N) is 2. The molecular formula is C17H24N6O. The summed E-state index contributed by atoms with van der Waals surface area (Å²) in [6.45, 7) is 3.87. The van der Waals surface area contributed by atoms with Crippen LogP contribution in [-0.4, -0.2) is 30.9 Å². The second-order valence-corrected chi connectivity index (χ2v) is 7.11. The molecule has 7 nitrogen and oxygen atoms in total. The first kappa shape index (κ1) is 15.4. The van der Waals surface area contributed by atoms with E-state index in [9.17, 15) is 4.79 Å². The van der Waals surface area contributed by atoms with Gasteiger partial charge in [0.2, 0.25) is 0 Å². The third-order valence-electron chi connectivity index (χ3n) is 5.22. The van der Waals surface area contributed by atoms with Gasteiger partial charge in [-0.05, 0) is 39.5 Å². The molecule has 0 spiro atoms. The molecule has 0 unspecified atom stereocenters. The number of amides is 1. The van der Waals surface area contributed by atoms with Gasteiger partial charge < -0.3 is 9.88 Å². The van der Waals surface area contributed by atoms with Gasteiger partial charge in [0.05, 0.1) is 17.3 Å². The summed E-state index contributed by atoms with van der Waals surface area (Å²) in [5.74, 6) is 1.20. The maximum atomic E-state index is 12.8. The van der Waals surface area contributed by atoms with Crippen LogP contribution < -0.4 is 5.32 Å². The third kappa shape index (κ3) is 2.72. The highest BCUT2D eigenvalue weighted by Crippen LogP contribution is 2.41.